The number of hydrogen-bond acceptors (Lipinski definition) is 5. The molecule has 0 bridgehead atoms. The summed E-state index contributed by atoms with van der Waals surface area (Å²) < 4.78 is 5.66. The number of ether oxygens (including phenoxy) is 1. The van der Waals surface area contributed by atoms with Gasteiger partial charge in [-0.25, -0.2) is 4.79 Å². The van der Waals surface area contributed by atoms with Gasteiger partial charge in [0.1, 0.15) is 0 Å². The van der Waals surface area contributed by atoms with Gasteiger partial charge in [0.2, 0.25) is 11.8 Å². The predicted molar refractivity (Wildman–Crippen MR) is 137 cm³/mol. The summed E-state index contributed by atoms with van der Waals surface area (Å²) in [5.41, 5.74) is 0. The summed E-state index contributed by atoms with van der Waals surface area (Å²) in [6.45, 7) is 9.92. The van der Waals surface area contributed by atoms with Crippen molar-refractivity contribution in [3.05, 3.63) is 0 Å². The Morgan fingerprint density at radius 3 is 2.06 bits per heavy atom. The average molecular weight is 503 g/mol. The molecule has 3 unspecified atom stereocenters. The molecule has 0 aromatic heterocycles. The SMILES string of the molecule is CC(C)OC(=O)N1C[C@H](C)N(C(=O)C2CC2)C2CCC(C3CCC(C(=O)N4CCNCC4)CC3)CC21. The van der Waals surface area contributed by atoms with Gasteiger partial charge in [0.25, 0.3) is 0 Å². The van der Waals surface area contributed by atoms with Crippen molar-refractivity contribution in [3.63, 3.8) is 0 Å². The number of piperazine rings is 2. The normalized spacial score (nSPS) is 35.4. The lowest BCUT2D eigenvalue weighted by Crippen LogP contribution is -2.67. The summed E-state index contributed by atoms with van der Waals surface area (Å²) in [5.74, 6) is 2.19. The fraction of sp³-hybridized carbons (Fsp3) is 0.893. The van der Waals surface area contributed by atoms with E-state index in [9.17, 15) is 14.4 Å². The van der Waals surface area contributed by atoms with Crippen LogP contribution in [0.3, 0.4) is 0 Å². The van der Waals surface area contributed by atoms with E-state index in [-0.39, 0.29) is 42.2 Å². The van der Waals surface area contributed by atoms with Crippen LogP contribution in [0.2, 0.25) is 0 Å². The smallest absolute Gasteiger partial charge is 0.410 e. The molecule has 3 amide bonds. The number of fused-ring (bicyclic) bond motifs is 1. The summed E-state index contributed by atoms with van der Waals surface area (Å²) in [4.78, 5) is 45.6. The largest absolute Gasteiger partial charge is 0.447 e. The van der Waals surface area contributed by atoms with E-state index < -0.39 is 0 Å². The topological polar surface area (TPSA) is 82.2 Å². The molecule has 8 nitrogen and oxygen atoms in total. The molecule has 3 aliphatic carbocycles. The Kier molecular flexibility index (Phi) is 7.80. The third-order valence-corrected chi connectivity index (χ3v) is 9.48. The molecule has 2 saturated heterocycles. The molecule has 202 valence electrons. The number of amides is 3. The quantitative estimate of drug-likeness (QED) is 0.638. The first-order valence-electron chi connectivity index (χ1n) is 14.6. The average Bonchev–Trinajstić information content (AvgIpc) is 3.73. The van der Waals surface area contributed by atoms with Gasteiger partial charge in [-0.15, -0.1) is 0 Å². The zero-order chi connectivity index (χ0) is 25.4. The molecular formula is C28H46N4O4. The monoisotopic (exact) mass is 502 g/mol. The standard InChI is InChI=1S/C28H46N4O4/c1-18(2)36-28(35)31-17-19(3)32(27(34)22-8-9-22)24-11-10-23(16-25(24)31)20-4-6-21(7-5-20)26(33)30-14-12-29-13-15-30/h18-25,29H,4-17H2,1-3H3/t19-,20?,21?,23?,24?,25?/m0/s1. The lowest BCUT2D eigenvalue weighted by atomic mass is 9.68. The molecule has 0 spiro atoms. The van der Waals surface area contributed by atoms with Crippen LogP contribution < -0.4 is 5.32 Å². The van der Waals surface area contributed by atoms with Crippen LogP contribution in [0.25, 0.3) is 0 Å². The lowest BCUT2D eigenvalue weighted by Gasteiger charge is -2.54. The number of nitrogens with zero attached hydrogens (tertiary/aromatic N) is 3. The van der Waals surface area contributed by atoms with Crippen LogP contribution in [0.15, 0.2) is 0 Å². The highest BCUT2D eigenvalue weighted by Crippen LogP contribution is 2.45. The third kappa shape index (κ3) is 5.39. The van der Waals surface area contributed by atoms with E-state index in [0.29, 0.717) is 30.2 Å². The first-order valence-corrected chi connectivity index (χ1v) is 14.6. The van der Waals surface area contributed by atoms with Gasteiger partial charge in [-0.3, -0.25) is 9.59 Å². The summed E-state index contributed by atoms with van der Waals surface area (Å²) in [7, 11) is 0. The fourth-order valence-electron chi connectivity index (χ4n) is 7.47. The minimum Gasteiger partial charge on any atom is -0.447 e. The molecule has 5 rings (SSSR count). The summed E-state index contributed by atoms with van der Waals surface area (Å²) in [6.07, 6.45) is 8.83. The highest BCUT2D eigenvalue weighted by atomic mass is 16.6. The minimum absolute atomic E-state index is 0.0297. The molecule has 1 N–H and O–H groups in total. The van der Waals surface area contributed by atoms with Gasteiger partial charge in [-0.2, -0.15) is 0 Å². The highest BCUT2D eigenvalue weighted by Gasteiger charge is 2.50. The number of carbonyl (C=O) groups is 3. The molecule has 2 heterocycles. The van der Waals surface area contributed by atoms with Gasteiger partial charge in [0, 0.05) is 50.6 Å². The summed E-state index contributed by atoms with van der Waals surface area (Å²) >= 11 is 0. The Morgan fingerprint density at radius 1 is 0.806 bits per heavy atom. The van der Waals surface area contributed by atoms with Crippen LogP contribution in [0.4, 0.5) is 4.79 Å². The minimum atomic E-state index is -0.226. The van der Waals surface area contributed by atoms with E-state index >= 15 is 0 Å². The molecule has 5 aliphatic rings. The first-order chi connectivity index (χ1) is 17.3. The maximum atomic E-state index is 13.2. The number of hydrogen-bond donors (Lipinski definition) is 1. The molecule has 0 aromatic rings. The molecule has 3 saturated carbocycles. The van der Waals surface area contributed by atoms with Crippen molar-refractivity contribution in [2.45, 2.75) is 103 Å². The van der Waals surface area contributed by atoms with Gasteiger partial charge < -0.3 is 24.8 Å². The van der Waals surface area contributed by atoms with Crippen molar-refractivity contribution >= 4 is 17.9 Å². The zero-order valence-electron chi connectivity index (χ0n) is 22.5. The van der Waals surface area contributed by atoms with Gasteiger partial charge in [0.05, 0.1) is 18.2 Å². The van der Waals surface area contributed by atoms with Gasteiger partial charge in [-0.1, -0.05) is 0 Å². The third-order valence-electron chi connectivity index (χ3n) is 9.48. The zero-order valence-corrected chi connectivity index (χ0v) is 22.5. The van der Waals surface area contributed by atoms with Crippen molar-refractivity contribution in [3.8, 4) is 0 Å². The van der Waals surface area contributed by atoms with E-state index in [1.54, 1.807) is 0 Å². The molecule has 4 atom stereocenters. The van der Waals surface area contributed by atoms with Crippen LogP contribution in [0.1, 0.15) is 78.6 Å². The van der Waals surface area contributed by atoms with Crippen LogP contribution in [0, 0.1) is 23.7 Å². The Hall–Kier alpha value is -1.83. The van der Waals surface area contributed by atoms with Gasteiger partial charge in [0.15, 0.2) is 0 Å². The second-order valence-electron chi connectivity index (χ2n) is 12.3. The highest BCUT2D eigenvalue weighted by molar-refractivity contribution is 5.82. The second-order valence-corrected chi connectivity index (χ2v) is 12.3. The predicted octanol–water partition coefficient (Wildman–Crippen LogP) is 3.25. The molecule has 36 heavy (non-hydrogen) atoms. The lowest BCUT2D eigenvalue weighted by molar-refractivity contribution is -0.146. The Morgan fingerprint density at radius 2 is 1.42 bits per heavy atom. The second kappa shape index (κ2) is 10.9. The van der Waals surface area contributed by atoms with Crippen LogP contribution in [0.5, 0.6) is 0 Å². The number of nitrogens with one attached hydrogen (secondary N) is 1. The van der Waals surface area contributed by atoms with Gasteiger partial charge >= 0.3 is 6.09 Å². The van der Waals surface area contributed by atoms with Crippen LogP contribution >= 0.6 is 0 Å². The van der Waals surface area contributed by atoms with Crippen molar-refractivity contribution < 1.29 is 19.1 Å². The van der Waals surface area contributed by atoms with Crippen molar-refractivity contribution in [1.29, 1.82) is 0 Å². The molecule has 2 aliphatic heterocycles. The number of rotatable bonds is 4. The van der Waals surface area contributed by atoms with E-state index in [1.165, 1.54) is 0 Å². The van der Waals surface area contributed by atoms with Crippen LogP contribution in [-0.4, -0.2) is 89.6 Å². The van der Waals surface area contributed by atoms with E-state index in [4.69, 9.17) is 4.74 Å². The van der Waals surface area contributed by atoms with E-state index in [0.717, 1.165) is 84.0 Å². The molecule has 0 aromatic carbocycles. The van der Waals surface area contributed by atoms with Crippen molar-refractivity contribution in [2.24, 2.45) is 23.7 Å². The van der Waals surface area contributed by atoms with Gasteiger partial charge in [-0.05, 0) is 90.4 Å². The molecule has 5 fully saturated rings. The Bertz CT molecular complexity index is 816. The van der Waals surface area contributed by atoms with E-state index in [2.05, 4.69) is 22.0 Å². The maximum Gasteiger partial charge on any atom is 0.410 e. The maximum absolute atomic E-state index is 13.2. The van der Waals surface area contributed by atoms with Crippen molar-refractivity contribution in [2.75, 3.05) is 32.7 Å². The molecule has 8 heteroatoms. The first kappa shape index (κ1) is 25.8. The molecular weight excluding hydrogens is 456 g/mol. The van der Waals surface area contributed by atoms with Crippen molar-refractivity contribution in [1.82, 2.24) is 20.0 Å². The van der Waals surface area contributed by atoms with E-state index in [1.807, 2.05) is 18.7 Å². The Balaban J connectivity index is 1.24. The fourth-order valence-corrected chi connectivity index (χ4v) is 7.47. The number of carbonyl (C=O) groups excluding carboxylic acids is 3. The summed E-state index contributed by atoms with van der Waals surface area (Å²) in [6, 6.07) is 0.166. The molecule has 0 radical (unpaired) electrons. The Labute approximate surface area is 216 Å². The van der Waals surface area contributed by atoms with Crippen LogP contribution in [-0.2, 0) is 14.3 Å². The summed E-state index contributed by atoms with van der Waals surface area (Å²) in [5, 5.41) is 3.33.